The number of rotatable bonds is 7. The first-order valence-electron chi connectivity index (χ1n) is 11.2. The highest BCUT2D eigenvalue weighted by Gasteiger charge is 2.31. The second-order valence-electron chi connectivity index (χ2n) is 8.38. The van der Waals surface area contributed by atoms with Gasteiger partial charge in [0.2, 0.25) is 5.88 Å². The average Bonchev–Trinajstić information content (AvgIpc) is 2.87. The normalized spacial score (nSPS) is 14.7. The Morgan fingerprint density at radius 1 is 1.09 bits per heavy atom. The van der Waals surface area contributed by atoms with Crippen LogP contribution in [0.3, 0.4) is 0 Å². The van der Waals surface area contributed by atoms with Crippen molar-refractivity contribution in [2.75, 3.05) is 12.9 Å². The van der Waals surface area contributed by atoms with E-state index >= 15 is 0 Å². The minimum absolute atomic E-state index is 0.0376. The molecule has 1 aliphatic rings. The molecule has 178 valence electrons. The zero-order valence-corrected chi connectivity index (χ0v) is 20.6. The summed E-state index contributed by atoms with van der Waals surface area (Å²) >= 11 is 1.64. The molecule has 4 rings (SSSR count). The number of hydrogen-bond donors (Lipinski definition) is 1. The first-order valence-corrected chi connectivity index (χ1v) is 12.4. The zero-order valence-electron chi connectivity index (χ0n) is 19.8. The number of benzene rings is 3. The number of nitrogens with zero attached hydrogens (tertiary/aromatic N) is 1. The van der Waals surface area contributed by atoms with E-state index in [4.69, 9.17) is 19.9 Å². The third kappa shape index (κ3) is 5.44. The van der Waals surface area contributed by atoms with Crippen molar-refractivity contribution in [3.8, 4) is 23.3 Å². The predicted molar refractivity (Wildman–Crippen MR) is 136 cm³/mol. The van der Waals surface area contributed by atoms with Crippen LogP contribution in [0.15, 0.2) is 83.1 Å². The van der Waals surface area contributed by atoms with E-state index in [-0.39, 0.29) is 18.4 Å². The highest BCUT2D eigenvalue weighted by molar-refractivity contribution is 7.98. The number of carbonyl (C=O) groups excluding carboxylic acids is 1. The van der Waals surface area contributed by atoms with Crippen molar-refractivity contribution >= 4 is 17.7 Å². The molecule has 35 heavy (non-hydrogen) atoms. The summed E-state index contributed by atoms with van der Waals surface area (Å²) in [7, 11) is 0. The first-order chi connectivity index (χ1) is 16.9. The minimum Gasteiger partial charge on any atom is -0.482 e. The lowest BCUT2D eigenvalue weighted by molar-refractivity contribution is -0.136. The first kappa shape index (κ1) is 24.2. The fourth-order valence-electron chi connectivity index (χ4n) is 3.89. The molecule has 3 aromatic rings. The van der Waals surface area contributed by atoms with Crippen molar-refractivity contribution in [2.24, 2.45) is 5.73 Å². The van der Waals surface area contributed by atoms with Gasteiger partial charge in [0.05, 0.1) is 5.92 Å². The quantitative estimate of drug-likeness (QED) is 0.259. The Balaban J connectivity index is 1.49. The fraction of sp³-hybridized carbons (Fsp3) is 0.214. The standard InChI is InChI=1S/C28H26N2O4S/c1-17(2)18-4-8-20(9-5-18)32-16-26(31)33-21-10-13-23-25(14-21)34-28(30)24(15-29)27(23)19-6-11-22(35-3)12-7-19/h4-14,17,27H,16,30H2,1-3H3. The van der Waals surface area contributed by atoms with Crippen molar-refractivity contribution in [3.63, 3.8) is 0 Å². The number of carbonyl (C=O) groups is 1. The molecule has 1 unspecified atom stereocenters. The van der Waals surface area contributed by atoms with Crippen molar-refractivity contribution < 1.29 is 19.0 Å². The molecule has 0 fully saturated rings. The number of nitrogens with two attached hydrogens (primary N) is 1. The summed E-state index contributed by atoms with van der Waals surface area (Å²) in [6.45, 7) is 4.00. The molecule has 2 N–H and O–H groups in total. The highest BCUT2D eigenvalue weighted by atomic mass is 32.2. The van der Waals surface area contributed by atoms with E-state index in [0.29, 0.717) is 28.7 Å². The number of allylic oxidation sites excluding steroid dienone is 1. The van der Waals surface area contributed by atoms with Crippen molar-refractivity contribution in [2.45, 2.75) is 30.6 Å². The Labute approximate surface area is 209 Å². The number of esters is 1. The van der Waals surface area contributed by atoms with E-state index < -0.39 is 5.97 Å². The maximum absolute atomic E-state index is 12.4. The molecule has 0 saturated heterocycles. The Hall–Kier alpha value is -3.89. The molecule has 6 nitrogen and oxygen atoms in total. The van der Waals surface area contributed by atoms with Crippen LogP contribution in [0.5, 0.6) is 17.2 Å². The van der Waals surface area contributed by atoms with Gasteiger partial charge in [-0.05, 0) is 53.6 Å². The van der Waals surface area contributed by atoms with E-state index in [1.165, 1.54) is 5.56 Å². The van der Waals surface area contributed by atoms with Gasteiger partial charge < -0.3 is 19.9 Å². The third-order valence-electron chi connectivity index (χ3n) is 5.77. The molecule has 0 spiro atoms. The molecule has 7 heteroatoms. The third-order valence-corrected chi connectivity index (χ3v) is 6.52. The smallest absolute Gasteiger partial charge is 0.349 e. The predicted octanol–water partition coefficient (Wildman–Crippen LogP) is 5.73. The molecule has 1 atom stereocenters. The minimum atomic E-state index is -0.542. The Kier molecular flexibility index (Phi) is 7.33. The monoisotopic (exact) mass is 486 g/mol. The van der Waals surface area contributed by atoms with E-state index in [1.807, 2.05) is 54.8 Å². The molecule has 0 saturated carbocycles. The molecule has 0 amide bonds. The summed E-state index contributed by atoms with van der Waals surface area (Å²) in [5.74, 6) is 0.879. The summed E-state index contributed by atoms with van der Waals surface area (Å²) in [6.07, 6.45) is 2.01. The van der Waals surface area contributed by atoms with Gasteiger partial charge in [-0.15, -0.1) is 11.8 Å². The molecule has 1 aliphatic heterocycles. The number of hydrogen-bond acceptors (Lipinski definition) is 7. The maximum Gasteiger partial charge on any atom is 0.349 e. The SMILES string of the molecule is CSc1ccc(C2C(C#N)=C(N)Oc3cc(OC(=O)COc4ccc(C(C)C)cc4)ccc32)cc1. The van der Waals surface area contributed by atoms with Gasteiger partial charge in [0.25, 0.3) is 0 Å². The summed E-state index contributed by atoms with van der Waals surface area (Å²) in [5.41, 5.74) is 9.32. The van der Waals surface area contributed by atoms with Crippen LogP contribution in [0.2, 0.25) is 0 Å². The highest BCUT2D eigenvalue weighted by Crippen LogP contribution is 2.43. The van der Waals surface area contributed by atoms with Crippen LogP contribution in [0.1, 0.15) is 42.4 Å². The van der Waals surface area contributed by atoms with Gasteiger partial charge in [0, 0.05) is 16.5 Å². The molecule has 0 bridgehead atoms. The van der Waals surface area contributed by atoms with Gasteiger partial charge in [0.15, 0.2) is 6.61 Å². The van der Waals surface area contributed by atoms with Gasteiger partial charge in [-0.3, -0.25) is 0 Å². The Bertz CT molecular complexity index is 1290. The van der Waals surface area contributed by atoms with Crippen LogP contribution in [0.25, 0.3) is 0 Å². The van der Waals surface area contributed by atoms with Crippen molar-refractivity contribution in [1.82, 2.24) is 0 Å². The molecule has 0 aliphatic carbocycles. The van der Waals surface area contributed by atoms with E-state index in [0.717, 1.165) is 16.0 Å². The van der Waals surface area contributed by atoms with Gasteiger partial charge >= 0.3 is 5.97 Å². The molecular formula is C28H26N2O4S. The number of nitriles is 1. The van der Waals surface area contributed by atoms with Crippen molar-refractivity contribution in [3.05, 3.63) is 94.9 Å². The summed E-state index contributed by atoms with van der Waals surface area (Å²) in [4.78, 5) is 13.5. The Morgan fingerprint density at radius 2 is 1.77 bits per heavy atom. The van der Waals surface area contributed by atoms with Gasteiger partial charge in [0.1, 0.15) is 28.9 Å². The molecule has 0 radical (unpaired) electrons. The van der Waals surface area contributed by atoms with E-state index in [9.17, 15) is 10.1 Å². The average molecular weight is 487 g/mol. The lowest BCUT2D eigenvalue weighted by Crippen LogP contribution is -2.21. The lowest BCUT2D eigenvalue weighted by Gasteiger charge is -2.26. The number of fused-ring (bicyclic) bond motifs is 1. The molecule has 1 heterocycles. The summed E-state index contributed by atoms with van der Waals surface area (Å²) < 4.78 is 16.7. The zero-order chi connectivity index (χ0) is 24.9. The fourth-order valence-corrected chi connectivity index (χ4v) is 4.30. The molecular weight excluding hydrogens is 460 g/mol. The lowest BCUT2D eigenvalue weighted by atomic mass is 9.83. The van der Waals surface area contributed by atoms with E-state index in [1.54, 1.807) is 30.0 Å². The van der Waals surface area contributed by atoms with Crippen LogP contribution in [0, 0.1) is 11.3 Å². The van der Waals surface area contributed by atoms with Crippen LogP contribution in [-0.2, 0) is 4.79 Å². The topological polar surface area (TPSA) is 94.6 Å². The van der Waals surface area contributed by atoms with E-state index in [2.05, 4.69) is 19.9 Å². The van der Waals surface area contributed by atoms with Gasteiger partial charge in [-0.25, -0.2) is 4.79 Å². The van der Waals surface area contributed by atoms with Crippen LogP contribution in [0.4, 0.5) is 0 Å². The summed E-state index contributed by atoms with van der Waals surface area (Å²) in [5, 5.41) is 9.73. The van der Waals surface area contributed by atoms with Crippen LogP contribution < -0.4 is 19.9 Å². The van der Waals surface area contributed by atoms with Crippen LogP contribution in [-0.4, -0.2) is 18.8 Å². The molecule has 0 aromatic heterocycles. The van der Waals surface area contributed by atoms with Gasteiger partial charge in [-0.2, -0.15) is 5.26 Å². The van der Waals surface area contributed by atoms with Crippen molar-refractivity contribution in [1.29, 1.82) is 5.26 Å². The van der Waals surface area contributed by atoms with Crippen LogP contribution >= 0.6 is 11.8 Å². The summed E-state index contributed by atoms with van der Waals surface area (Å²) in [6, 6.07) is 22.9. The maximum atomic E-state index is 12.4. The molecule has 3 aromatic carbocycles. The Morgan fingerprint density at radius 3 is 2.40 bits per heavy atom. The second kappa shape index (κ2) is 10.6. The largest absolute Gasteiger partial charge is 0.482 e. The van der Waals surface area contributed by atoms with Gasteiger partial charge in [-0.1, -0.05) is 44.2 Å². The number of thioether (sulfide) groups is 1. The second-order valence-corrected chi connectivity index (χ2v) is 9.26. The number of ether oxygens (including phenoxy) is 3.